The lowest BCUT2D eigenvalue weighted by Gasteiger charge is -2.15. The van der Waals surface area contributed by atoms with E-state index in [9.17, 15) is 28.1 Å². The quantitative estimate of drug-likeness (QED) is 0.398. The summed E-state index contributed by atoms with van der Waals surface area (Å²) in [6.45, 7) is 0.965. The van der Waals surface area contributed by atoms with E-state index in [-0.39, 0.29) is 21.8 Å². The lowest BCUT2D eigenvalue weighted by Crippen LogP contribution is -2.41. The molecule has 176 valence electrons. The Bertz CT molecular complexity index is 1330. The highest BCUT2D eigenvalue weighted by molar-refractivity contribution is 7.89. The zero-order valence-electron chi connectivity index (χ0n) is 17.7. The zero-order valence-corrected chi connectivity index (χ0v) is 18.6. The smallest absolute Gasteiger partial charge is 0.267 e. The van der Waals surface area contributed by atoms with Gasteiger partial charge in [-0.15, -0.1) is 0 Å². The van der Waals surface area contributed by atoms with E-state index in [0.717, 1.165) is 12.8 Å². The van der Waals surface area contributed by atoms with Crippen molar-refractivity contribution < 1.29 is 22.9 Å². The lowest BCUT2D eigenvalue weighted by atomic mass is 10.2. The van der Waals surface area contributed by atoms with Gasteiger partial charge in [-0.1, -0.05) is 0 Å². The highest BCUT2D eigenvalue weighted by Gasteiger charge is 2.27. The van der Waals surface area contributed by atoms with Crippen LogP contribution in [0.25, 0.3) is 5.69 Å². The van der Waals surface area contributed by atoms with Gasteiger partial charge in [0.1, 0.15) is 0 Å². The van der Waals surface area contributed by atoms with Gasteiger partial charge >= 0.3 is 0 Å². The van der Waals surface area contributed by atoms with Crippen LogP contribution in [0.3, 0.4) is 0 Å². The molecule has 0 radical (unpaired) electrons. The van der Waals surface area contributed by atoms with Crippen molar-refractivity contribution in [3.8, 4) is 5.69 Å². The van der Waals surface area contributed by atoms with E-state index >= 15 is 0 Å². The van der Waals surface area contributed by atoms with Crippen LogP contribution in [0.2, 0.25) is 0 Å². The van der Waals surface area contributed by atoms with Crippen LogP contribution in [0.1, 0.15) is 33.7 Å². The molecule has 1 fully saturated rings. The molecule has 13 heteroatoms. The molecule has 0 bridgehead atoms. The van der Waals surface area contributed by atoms with Gasteiger partial charge in [0.25, 0.3) is 17.5 Å². The predicted molar refractivity (Wildman–Crippen MR) is 120 cm³/mol. The average Bonchev–Trinajstić information content (AvgIpc) is 3.56. The molecular formula is C21H20N6O6S. The van der Waals surface area contributed by atoms with Crippen molar-refractivity contribution in [2.24, 2.45) is 0 Å². The maximum atomic E-state index is 12.6. The number of carbonyl (C=O) groups excluding carboxylic acids is 2. The van der Waals surface area contributed by atoms with Crippen LogP contribution in [0, 0.1) is 10.1 Å². The molecule has 0 unspecified atom stereocenters. The number of nitrogens with zero attached hydrogens (tertiary/aromatic N) is 4. The van der Waals surface area contributed by atoms with Crippen molar-refractivity contribution in [1.82, 2.24) is 24.9 Å². The van der Waals surface area contributed by atoms with Gasteiger partial charge in [0, 0.05) is 37.0 Å². The molecule has 1 aliphatic rings. The van der Waals surface area contributed by atoms with Crippen LogP contribution in [0.4, 0.5) is 5.69 Å². The fourth-order valence-electron chi connectivity index (χ4n) is 3.42. The maximum Gasteiger partial charge on any atom is 0.290 e. The molecule has 34 heavy (non-hydrogen) atoms. The Morgan fingerprint density at radius 2 is 1.53 bits per heavy atom. The summed E-state index contributed by atoms with van der Waals surface area (Å²) in [5.41, 5.74) is 5.11. The molecule has 3 aromatic rings. The Morgan fingerprint density at radius 1 is 0.912 bits per heavy atom. The predicted octanol–water partition coefficient (Wildman–Crippen LogP) is 1.64. The van der Waals surface area contributed by atoms with E-state index in [4.69, 9.17) is 0 Å². The molecule has 2 N–H and O–H groups in total. The number of rotatable bonds is 6. The summed E-state index contributed by atoms with van der Waals surface area (Å²) in [6, 6.07) is 12.5. The van der Waals surface area contributed by atoms with Crippen LogP contribution in [-0.4, -0.2) is 52.3 Å². The molecule has 0 saturated carbocycles. The Kier molecular flexibility index (Phi) is 6.38. The second-order valence-electron chi connectivity index (χ2n) is 7.46. The first-order valence-electron chi connectivity index (χ1n) is 10.3. The number of nitrogens with one attached hydrogen (secondary N) is 2. The third-order valence-corrected chi connectivity index (χ3v) is 7.17. The summed E-state index contributed by atoms with van der Waals surface area (Å²) in [5.74, 6) is -1.31. The number of aromatic nitrogens is 2. The molecule has 0 aliphatic carbocycles. The van der Waals surface area contributed by atoms with Crippen molar-refractivity contribution in [3.63, 3.8) is 0 Å². The number of non-ortho nitro benzene ring substituents is 1. The summed E-state index contributed by atoms with van der Waals surface area (Å²) in [7, 11) is -3.58. The molecule has 1 saturated heterocycles. The normalized spacial score (nSPS) is 14.0. The number of hydrogen-bond donors (Lipinski definition) is 2. The first kappa shape index (κ1) is 23.1. The standard InChI is InChI=1S/C21H20N6O6S/c28-20(15-3-9-18(10-4-15)34(32,33)25-12-1-2-13-25)22-23-21(29)19-11-14-26(24-19)16-5-7-17(8-6-16)27(30)31/h3-11,14H,1-2,12-13H2,(H,22,28)(H,23,29). The first-order chi connectivity index (χ1) is 16.3. The van der Waals surface area contributed by atoms with E-state index in [1.807, 2.05) is 0 Å². The number of nitro benzene ring substituents is 1. The minimum absolute atomic E-state index is 0.00528. The van der Waals surface area contributed by atoms with Crippen molar-refractivity contribution in [2.75, 3.05) is 13.1 Å². The Labute approximate surface area is 194 Å². The van der Waals surface area contributed by atoms with Crippen molar-refractivity contribution in [2.45, 2.75) is 17.7 Å². The molecule has 0 atom stereocenters. The van der Waals surface area contributed by atoms with Crippen LogP contribution >= 0.6 is 0 Å². The van der Waals surface area contributed by atoms with Crippen molar-refractivity contribution >= 4 is 27.5 Å². The monoisotopic (exact) mass is 484 g/mol. The minimum Gasteiger partial charge on any atom is -0.267 e. The highest BCUT2D eigenvalue weighted by Crippen LogP contribution is 2.21. The van der Waals surface area contributed by atoms with E-state index in [2.05, 4.69) is 16.0 Å². The molecule has 0 spiro atoms. The van der Waals surface area contributed by atoms with Gasteiger partial charge in [-0.25, -0.2) is 13.1 Å². The summed E-state index contributed by atoms with van der Waals surface area (Å²) in [4.78, 5) is 35.0. The SMILES string of the molecule is O=C(NNC(=O)c1ccn(-c2ccc([N+](=O)[O-])cc2)n1)c1ccc(S(=O)(=O)N2CCCC2)cc1. The maximum absolute atomic E-state index is 12.6. The topological polar surface area (TPSA) is 157 Å². The summed E-state index contributed by atoms with van der Waals surface area (Å²) < 4.78 is 27.9. The number of carbonyl (C=O) groups is 2. The van der Waals surface area contributed by atoms with E-state index in [1.54, 1.807) is 0 Å². The summed E-state index contributed by atoms with van der Waals surface area (Å²) in [5, 5.41) is 14.8. The molecule has 4 rings (SSSR count). The van der Waals surface area contributed by atoms with Crippen LogP contribution < -0.4 is 10.9 Å². The van der Waals surface area contributed by atoms with Crippen molar-refractivity contribution in [1.29, 1.82) is 0 Å². The van der Waals surface area contributed by atoms with Gasteiger partial charge < -0.3 is 0 Å². The second-order valence-corrected chi connectivity index (χ2v) is 9.40. The molecule has 2 heterocycles. The molecule has 2 aromatic carbocycles. The highest BCUT2D eigenvalue weighted by atomic mass is 32.2. The molecular weight excluding hydrogens is 464 g/mol. The minimum atomic E-state index is -3.58. The summed E-state index contributed by atoms with van der Waals surface area (Å²) >= 11 is 0. The van der Waals surface area contributed by atoms with Crippen LogP contribution in [0.15, 0.2) is 65.7 Å². The fourth-order valence-corrected chi connectivity index (χ4v) is 4.94. The van der Waals surface area contributed by atoms with Crippen LogP contribution in [0.5, 0.6) is 0 Å². The van der Waals surface area contributed by atoms with Crippen molar-refractivity contribution in [3.05, 3.63) is 82.2 Å². The molecule has 1 aromatic heterocycles. The van der Waals surface area contributed by atoms with E-state index in [1.165, 1.54) is 69.8 Å². The van der Waals surface area contributed by atoms with Gasteiger partial charge in [-0.3, -0.25) is 30.6 Å². The Hall–Kier alpha value is -4.10. The van der Waals surface area contributed by atoms with Gasteiger partial charge in [-0.2, -0.15) is 9.40 Å². The number of benzene rings is 2. The van der Waals surface area contributed by atoms with Gasteiger partial charge in [0.05, 0.1) is 15.5 Å². The largest absolute Gasteiger partial charge is 0.290 e. The van der Waals surface area contributed by atoms with Gasteiger partial charge in [0.2, 0.25) is 10.0 Å². The lowest BCUT2D eigenvalue weighted by molar-refractivity contribution is -0.384. The zero-order chi connectivity index (χ0) is 24.3. The molecule has 1 aliphatic heterocycles. The Balaban J connectivity index is 1.36. The van der Waals surface area contributed by atoms with Crippen LogP contribution in [-0.2, 0) is 10.0 Å². The summed E-state index contributed by atoms with van der Waals surface area (Å²) in [6.07, 6.45) is 3.15. The molecule has 2 amide bonds. The fraction of sp³-hybridized carbons (Fsp3) is 0.190. The number of nitro groups is 1. The Morgan fingerprint density at radius 3 is 2.15 bits per heavy atom. The first-order valence-corrected chi connectivity index (χ1v) is 11.7. The number of sulfonamides is 1. The average molecular weight is 484 g/mol. The van der Waals surface area contributed by atoms with E-state index < -0.39 is 26.8 Å². The third kappa shape index (κ3) is 4.79. The van der Waals surface area contributed by atoms with Gasteiger partial charge in [-0.05, 0) is 55.3 Å². The van der Waals surface area contributed by atoms with E-state index in [0.29, 0.717) is 18.8 Å². The second kappa shape index (κ2) is 9.41. The third-order valence-electron chi connectivity index (χ3n) is 5.26. The number of hydrogen-bond acceptors (Lipinski definition) is 7. The number of amides is 2. The van der Waals surface area contributed by atoms with Gasteiger partial charge in [0.15, 0.2) is 5.69 Å². The number of hydrazine groups is 1. The molecule has 12 nitrogen and oxygen atoms in total.